The molecule has 1 N–H and O–H groups in total. The topological polar surface area (TPSA) is 45.5 Å². The number of rotatable bonds is 13. The lowest BCUT2D eigenvalue weighted by Crippen LogP contribution is -2.39. The normalized spacial score (nSPS) is 12.5. The van der Waals surface area contributed by atoms with Crippen molar-refractivity contribution in [2.75, 3.05) is 38.6 Å². The molecule has 0 fully saturated rings. The third kappa shape index (κ3) is 12.6. The number of hydrazine groups is 1. The molecule has 0 saturated carbocycles. The Bertz CT molecular complexity index is 982. The summed E-state index contributed by atoms with van der Waals surface area (Å²) >= 11 is 0. The second-order valence-corrected chi connectivity index (χ2v) is 10.3. The molecule has 0 radical (unpaired) electrons. The van der Waals surface area contributed by atoms with E-state index >= 15 is 0 Å². The number of likely N-dealkylation sites (N-methyl/N-ethyl adjacent to an activating group) is 1. The van der Waals surface area contributed by atoms with Crippen molar-refractivity contribution < 1.29 is 0 Å². The first kappa shape index (κ1) is 34.0. The van der Waals surface area contributed by atoms with E-state index in [0.29, 0.717) is 18.7 Å². The van der Waals surface area contributed by atoms with Gasteiger partial charge in [-0.15, -0.1) is 6.58 Å². The molecule has 1 aliphatic rings. The van der Waals surface area contributed by atoms with Crippen LogP contribution in [0.5, 0.6) is 0 Å². The summed E-state index contributed by atoms with van der Waals surface area (Å²) in [5.74, 6) is 0.954. The molecule has 214 valence electrons. The summed E-state index contributed by atoms with van der Waals surface area (Å²) < 4.78 is 0. The molecule has 1 atom stereocenters. The summed E-state index contributed by atoms with van der Waals surface area (Å²) in [6.07, 6.45) is 8.64. The van der Waals surface area contributed by atoms with E-state index < -0.39 is 0 Å². The van der Waals surface area contributed by atoms with E-state index in [9.17, 15) is 0 Å². The summed E-state index contributed by atoms with van der Waals surface area (Å²) in [6, 6.07) is 18.4. The molecule has 0 bridgehead atoms. The number of nitrogens with one attached hydrogen (secondary N) is 1. The number of unbranched alkanes of at least 4 members (excludes halogenated alkanes) is 1. The van der Waals surface area contributed by atoms with Gasteiger partial charge in [0, 0.05) is 38.1 Å². The second-order valence-electron chi connectivity index (χ2n) is 10.3. The van der Waals surface area contributed by atoms with E-state index in [4.69, 9.17) is 5.26 Å². The van der Waals surface area contributed by atoms with Crippen molar-refractivity contribution in [1.29, 1.82) is 5.26 Å². The highest BCUT2D eigenvalue weighted by Gasteiger charge is 2.23. The highest BCUT2D eigenvalue weighted by molar-refractivity contribution is 5.52. The lowest BCUT2D eigenvalue weighted by Gasteiger charge is -2.34. The Morgan fingerprint density at radius 2 is 1.77 bits per heavy atom. The fraction of sp³-hybridized carbons (Fsp3) is 0.500. The molecular weight excluding hydrogens is 478 g/mol. The Hall–Kier alpha value is -3.07. The molecule has 1 aliphatic heterocycles. The first-order chi connectivity index (χ1) is 18.8. The van der Waals surface area contributed by atoms with Gasteiger partial charge >= 0.3 is 0 Å². The zero-order valence-corrected chi connectivity index (χ0v) is 25.5. The number of anilines is 1. The van der Waals surface area contributed by atoms with Gasteiger partial charge in [0.25, 0.3) is 0 Å². The lowest BCUT2D eigenvalue weighted by atomic mass is 10.0. The fourth-order valence-electron chi connectivity index (χ4n) is 4.25. The van der Waals surface area contributed by atoms with Gasteiger partial charge in [-0.05, 0) is 55.3 Å². The van der Waals surface area contributed by atoms with E-state index in [-0.39, 0.29) is 0 Å². The molecule has 39 heavy (non-hydrogen) atoms. The number of nitrogens with zero attached hydrogens (tertiary/aromatic N) is 4. The third-order valence-electron chi connectivity index (χ3n) is 7.02. The number of nitriles is 1. The van der Waals surface area contributed by atoms with Crippen molar-refractivity contribution >= 4 is 5.69 Å². The van der Waals surface area contributed by atoms with Gasteiger partial charge in [0.1, 0.15) is 0 Å². The van der Waals surface area contributed by atoms with Gasteiger partial charge in [0.2, 0.25) is 0 Å². The van der Waals surface area contributed by atoms with Crippen LogP contribution in [0.2, 0.25) is 0 Å². The molecule has 0 spiro atoms. The molecular formula is C34H53N5. The molecule has 5 nitrogen and oxygen atoms in total. The Morgan fingerprint density at radius 3 is 2.26 bits per heavy atom. The van der Waals surface area contributed by atoms with Crippen LogP contribution >= 0.6 is 0 Å². The molecule has 3 rings (SSSR count). The van der Waals surface area contributed by atoms with E-state index in [0.717, 1.165) is 36.9 Å². The van der Waals surface area contributed by atoms with Crippen LogP contribution in [0, 0.1) is 17.2 Å². The third-order valence-corrected chi connectivity index (χ3v) is 7.02. The fourth-order valence-corrected chi connectivity index (χ4v) is 4.25. The SMILES string of the molecule is C=CCN(CC(=C)N(C)N1Cc2ccccc2C1)c1cccc(C#N)c1.CCCCC(C)CC.CCCNC. The summed E-state index contributed by atoms with van der Waals surface area (Å²) in [5.41, 5.74) is 5.41. The number of fused-ring (bicyclic) bond motifs is 1. The minimum atomic E-state index is 0.658. The molecule has 2 aromatic carbocycles. The van der Waals surface area contributed by atoms with Gasteiger partial charge < -0.3 is 15.2 Å². The van der Waals surface area contributed by atoms with E-state index in [2.05, 4.69) is 98.5 Å². The smallest absolute Gasteiger partial charge is 0.0992 e. The molecule has 0 saturated heterocycles. The maximum Gasteiger partial charge on any atom is 0.0992 e. The van der Waals surface area contributed by atoms with Crippen molar-refractivity contribution in [3.05, 3.63) is 90.2 Å². The number of hydrogen-bond acceptors (Lipinski definition) is 5. The Labute approximate surface area is 239 Å². The maximum atomic E-state index is 9.15. The minimum absolute atomic E-state index is 0.658. The summed E-state index contributed by atoms with van der Waals surface area (Å²) in [5, 5.41) is 16.6. The highest BCUT2D eigenvalue weighted by atomic mass is 15.6. The summed E-state index contributed by atoms with van der Waals surface area (Å²) in [4.78, 5) is 2.18. The Morgan fingerprint density at radius 1 is 1.10 bits per heavy atom. The van der Waals surface area contributed by atoms with E-state index in [1.165, 1.54) is 43.2 Å². The summed E-state index contributed by atoms with van der Waals surface area (Å²) in [7, 11) is 4.02. The van der Waals surface area contributed by atoms with Crippen LogP contribution in [0.3, 0.4) is 0 Å². The molecule has 1 heterocycles. The standard InChI is InChI=1S/C22H24N4.C8H18.C4H11N/c1-4-12-25(22-11-7-8-19(13-22)14-23)15-18(2)24(3)26-16-20-9-5-6-10-21(20)17-26;1-4-6-7-8(3)5-2;1-3-4-5-2/h4-11,13H,1-2,12,15-17H2,3H3;8H,4-7H2,1-3H3;5H,3-4H2,1-2H3. The number of benzene rings is 2. The van der Waals surface area contributed by atoms with Crippen molar-refractivity contribution in [3.8, 4) is 6.07 Å². The van der Waals surface area contributed by atoms with Gasteiger partial charge in [0.05, 0.1) is 18.2 Å². The lowest BCUT2D eigenvalue weighted by molar-refractivity contribution is 0.0283. The van der Waals surface area contributed by atoms with Crippen LogP contribution < -0.4 is 10.2 Å². The van der Waals surface area contributed by atoms with Gasteiger partial charge in [-0.2, -0.15) is 5.26 Å². The van der Waals surface area contributed by atoms with Crippen LogP contribution in [0.25, 0.3) is 0 Å². The van der Waals surface area contributed by atoms with Crippen molar-refractivity contribution in [2.24, 2.45) is 5.92 Å². The zero-order valence-electron chi connectivity index (χ0n) is 25.5. The van der Waals surface area contributed by atoms with Crippen LogP contribution in [0.15, 0.2) is 73.5 Å². The average molecular weight is 532 g/mol. The predicted octanol–water partition coefficient (Wildman–Crippen LogP) is 7.77. The van der Waals surface area contributed by atoms with Gasteiger partial charge in [-0.1, -0.05) is 96.4 Å². The van der Waals surface area contributed by atoms with Crippen molar-refractivity contribution in [3.63, 3.8) is 0 Å². The predicted molar refractivity (Wildman–Crippen MR) is 169 cm³/mol. The number of hydrogen-bond donors (Lipinski definition) is 1. The zero-order chi connectivity index (χ0) is 29.0. The van der Waals surface area contributed by atoms with E-state index in [1.807, 2.05) is 37.4 Å². The van der Waals surface area contributed by atoms with Crippen molar-refractivity contribution in [1.82, 2.24) is 15.3 Å². The maximum absolute atomic E-state index is 9.15. The quantitative estimate of drug-likeness (QED) is 0.268. The highest BCUT2D eigenvalue weighted by Crippen LogP contribution is 2.25. The molecule has 2 aromatic rings. The van der Waals surface area contributed by atoms with Crippen LogP contribution in [0.4, 0.5) is 5.69 Å². The summed E-state index contributed by atoms with van der Waals surface area (Å²) in [6.45, 7) is 21.5. The van der Waals surface area contributed by atoms with Crippen molar-refractivity contribution in [2.45, 2.75) is 72.9 Å². The molecule has 0 aromatic heterocycles. The molecule has 1 unspecified atom stereocenters. The Balaban J connectivity index is 0.000000487. The first-order valence-corrected chi connectivity index (χ1v) is 14.6. The largest absolute Gasteiger partial charge is 0.362 e. The van der Waals surface area contributed by atoms with E-state index in [1.54, 1.807) is 0 Å². The van der Waals surface area contributed by atoms with Crippen LogP contribution in [-0.2, 0) is 13.1 Å². The first-order valence-electron chi connectivity index (χ1n) is 14.6. The second kappa shape index (κ2) is 19.9. The molecule has 0 amide bonds. The average Bonchev–Trinajstić information content (AvgIpc) is 3.40. The molecule has 5 heteroatoms. The van der Waals surface area contributed by atoms with Gasteiger partial charge in [-0.25, -0.2) is 5.01 Å². The monoisotopic (exact) mass is 531 g/mol. The van der Waals surface area contributed by atoms with Crippen LogP contribution in [0.1, 0.15) is 76.5 Å². The minimum Gasteiger partial charge on any atom is -0.362 e. The van der Waals surface area contributed by atoms with Crippen LogP contribution in [-0.4, -0.2) is 43.7 Å². The van der Waals surface area contributed by atoms with Gasteiger partial charge in [0.15, 0.2) is 0 Å². The molecule has 0 aliphatic carbocycles. The Kier molecular flexibility index (Phi) is 17.3. The van der Waals surface area contributed by atoms with Gasteiger partial charge in [-0.3, -0.25) is 0 Å².